The topological polar surface area (TPSA) is 98.9 Å². The molecule has 1 fully saturated rings. The number of amides is 2. The van der Waals surface area contributed by atoms with E-state index < -0.39 is 36.5 Å². The van der Waals surface area contributed by atoms with Gasteiger partial charge in [0, 0.05) is 19.0 Å². The predicted molar refractivity (Wildman–Crippen MR) is 81.9 cm³/mol. The molecule has 1 aliphatic heterocycles. The Labute approximate surface area is 146 Å². The molecule has 1 aromatic rings. The highest BCUT2D eigenvalue weighted by Gasteiger charge is 2.31. The number of nitrogens with zero attached hydrogens (tertiary/aromatic N) is 1. The number of rotatable bonds is 5. The fraction of sp³-hybridized carbons (Fsp3) is 0.438. The van der Waals surface area contributed by atoms with Crippen LogP contribution in [0.3, 0.4) is 0 Å². The van der Waals surface area contributed by atoms with Crippen molar-refractivity contribution in [3.8, 4) is 5.75 Å². The molecule has 26 heavy (non-hydrogen) atoms. The van der Waals surface area contributed by atoms with Crippen LogP contribution in [-0.2, 0) is 14.3 Å². The highest BCUT2D eigenvalue weighted by Crippen LogP contribution is 2.23. The average molecular weight is 374 g/mol. The monoisotopic (exact) mass is 374 g/mol. The van der Waals surface area contributed by atoms with Crippen LogP contribution in [0.4, 0.5) is 13.2 Å². The zero-order chi connectivity index (χ0) is 19.3. The van der Waals surface area contributed by atoms with Crippen molar-refractivity contribution < 1.29 is 37.0 Å². The Hall–Kier alpha value is -2.78. The van der Waals surface area contributed by atoms with Crippen LogP contribution in [-0.4, -0.2) is 48.7 Å². The van der Waals surface area contributed by atoms with E-state index in [9.17, 15) is 27.6 Å². The standard InChI is InChI=1S/C16H17F3N2O5/c17-16(18,19)26-12-3-1-11(2-4-12)15(24)25-9-13(22)21-7-5-10(6-8-21)14(20)23/h1-4,10H,5-9H2,(H2,20,23). The first-order valence-corrected chi connectivity index (χ1v) is 7.76. The normalized spacial score (nSPS) is 15.4. The molecule has 142 valence electrons. The van der Waals surface area contributed by atoms with Crippen molar-refractivity contribution in [3.63, 3.8) is 0 Å². The molecule has 7 nitrogen and oxygen atoms in total. The summed E-state index contributed by atoms with van der Waals surface area (Å²) in [5, 5.41) is 0. The fourth-order valence-electron chi connectivity index (χ4n) is 2.51. The Balaban J connectivity index is 1.81. The summed E-state index contributed by atoms with van der Waals surface area (Å²) in [6.45, 7) is 0.182. The Morgan fingerprint density at radius 1 is 1.12 bits per heavy atom. The molecule has 1 aliphatic rings. The molecule has 1 saturated heterocycles. The van der Waals surface area contributed by atoms with Gasteiger partial charge in [-0.15, -0.1) is 13.2 Å². The summed E-state index contributed by atoms with van der Waals surface area (Å²) in [5.41, 5.74) is 5.20. The van der Waals surface area contributed by atoms with Crippen LogP contribution in [0.5, 0.6) is 5.75 Å². The van der Waals surface area contributed by atoms with Gasteiger partial charge in [0.2, 0.25) is 5.91 Å². The van der Waals surface area contributed by atoms with Gasteiger partial charge in [-0.05, 0) is 37.1 Å². The van der Waals surface area contributed by atoms with Gasteiger partial charge in [-0.25, -0.2) is 4.79 Å². The number of nitrogens with two attached hydrogens (primary N) is 1. The lowest BCUT2D eigenvalue weighted by Crippen LogP contribution is -2.43. The molecule has 1 heterocycles. The molecule has 0 atom stereocenters. The third-order valence-corrected chi connectivity index (χ3v) is 3.90. The molecular weight excluding hydrogens is 357 g/mol. The summed E-state index contributed by atoms with van der Waals surface area (Å²) in [6.07, 6.45) is -3.91. The van der Waals surface area contributed by atoms with Crippen LogP contribution < -0.4 is 10.5 Å². The van der Waals surface area contributed by atoms with Crippen molar-refractivity contribution >= 4 is 17.8 Å². The van der Waals surface area contributed by atoms with Gasteiger partial charge in [0.1, 0.15) is 5.75 Å². The lowest BCUT2D eigenvalue weighted by Gasteiger charge is -2.30. The molecule has 1 aromatic carbocycles. The van der Waals surface area contributed by atoms with Crippen LogP contribution in [0.2, 0.25) is 0 Å². The lowest BCUT2D eigenvalue weighted by molar-refractivity contribution is -0.274. The Morgan fingerprint density at radius 3 is 2.19 bits per heavy atom. The largest absolute Gasteiger partial charge is 0.573 e. The minimum atomic E-state index is -4.82. The SMILES string of the molecule is NC(=O)C1CCN(C(=O)COC(=O)c2ccc(OC(F)(F)F)cc2)CC1. The van der Waals surface area contributed by atoms with Gasteiger partial charge in [-0.3, -0.25) is 9.59 Å². The molecule has 0 radical (unpaired) electrons. The highest BCUT2D eigenvalue weighted by molar-refractivity contribution is 5.91. The second-order valence-corrected chi connectivity index (χ2v) is 5.71. The second-order valence-electron chi connectivity index (χ2n) is 5.71. The van der Waals surface area contributed by atoms with Gasteiger partial charge >= 0.3 is 12.3 Å². The number of hydrogen-bond acceptors (Lipinski definition) is 5. The van der Waals surface area contributed by atoms with Gasteiger partial charge < -0.3 is 20.1 Å². The van der Waals surface area contributed by atoms with E-state index in [0.29, 0.717) is 25.9 Å². The van der Waals surface area contributed by atoms with E-state index >= 15 is 0 Å². The lowest BCUT2D eigenvalue weighted by atomic mass is 9.96. The van der Waals surface area contributed by atoms with E-state index in [2.05, 4.69) is 4.74 Å². The molecule has 2 rings (SSSR count). The second kappa shape index (κ2) is 8.07. The molecular formula is C16H17F3N2O5. The van der Waals surface area contributed by atoms with Crippen molar-refractivity contribution in [1.82, 2.24) is 4.90 Å². The smallest absolute Gasteiger partial charge is 0.452 e. The number of halogens is 3. The van der Waals surface area contributed by atoms with E-state index in [1.54, 1.807) is 0 Å². The number of carbonyl (C=O) groups excluding carboxylic acids is 3. The predicted octanol–water partition coefficient (Wildman–Crippen LogP) is 1.47. The van der Waals surface area contributed by atoms with Crippen LogP contribution in [0.15, 0.2) is 24.3 Å². The molecule has 2 amide bonds. The first kappa shape index (κ1) is 19.5. The molecule has 0 spiro atoms. The maximum atomic E-state index is 12.1. The molecule has 2 N–H and O–H groups in total. The summed E-state index contributed by atoms with van der Waals surface area (Å²) in [6, 6.07) is 4.15. The van der Waals surface area contributed by atoms with Crippen LogP contribution in [0.1, 0.15) is 23.2 Å². The van der Waals surface area contributed by atoms with Gasteiger partial charge in [0.25, 0.3) is 5.91 Å². The number of hydrogen-bond donors (Lipinski definition) is 1. The minimum absolute atomic E-state index is 0.0141. The number of esters is 1. The van der Waals surface area contributed by atoms with E-state index in [-0.39, 0.29) is 11.5 Å². The van der Waals surface area contributed by atoms with Crippen LogP contribution >= 0.6 is 0 Å². The molecule has 0 saturated carbocycles. The molecule has 0 bridgehead atoms. The Morgan fingerprint density at radius 2 is 1.69 bits per heavy atom. The molecule has 0 aromatic heterocycles. The van der Waals surface area contributed by atoms with Crippen molar-refractivity contribution in [2.75, 3.05) is 19.7 Å². The highest BCUT2D eigenvalue weighted by atomic mass is 19.4. The van der Waals surface area contributed by atoms with Gasteiger partial charge in [0.05, 0.1) is 5.56 Å². The maximum absolute atomic E-state index is 12.1. The summed E-state index contributed by atoms with van der Waals surface area (Å²) in [7, 11) is 0. The average Bonchev–Trinajstić information content (AvgIpc) is 2.58. The summed E-state index contributed by atoms with van der Waals surface area (Å²) in [5.74, 6) is -2.40. The number of primary amides is 1. The van der Waals surface area contributed by atoms with Crippen LogP contribution in [0, 0.1) is 5.92 Å². The fourth-order valence-corrected chi connectivity index (χ4v) is 2.51. The summed E-state index contributed by atoms with van der Waals surface area (Å²) in [4.78, 5) is 36.4. The number of alkyl halides is 3. The van der Waals surface area contributed by atoms with Crippen LogP contribution in [0.25, 0.3) is 0 Å². The van der Waals surface area contributed by atoms with E-state index in [1.807, 2.05) is 0 Å². The number of likely N-dealkylation sites (tertiary alicyclic amines) is 1. The van der Waals surface area contributed by atoms with E-state index in [4.69, 9.17) is 10.5 Å². The number of benzene rings is 1. The Kier molecular flexibility index (Phi) is 6.06. The number of ether oxygens (including phenoxy) is 2. The summed E-state index contributed by atoms with van der Waals surface area (Å²) < 4.78 is 44.8. The van der Waals surface area contributed by atoms with E-state index in [0.717, 1.165) is 24.3 Å². The summed E-state index contributed by atoms with van der Waals surface area (Å²) >= 11 is 0. The van der Waals surface area contributed by atoms with E-state index in [1.165, 1.54) is 4.90 Å². The third kappa shape index (κ3) is 5.64. The van der Waals surface area contributed by atoms with Crippen molar-refractivity contribution in [2.24, 2.45) is 11.7 Å². The number of carbonyl (C=O) groups is 3. The van der Waals surface area contributed by atoms with Gasteiger partial charge in [-0.2, -0.15) is 0 Å². The maximum Gasteiger partial charge on any atom is 0.573 e. The molecule has 0 unspecified atom stereocenters. The molecule has 0 aliphatic carbocycles. The Bertz CT molecular complexity index is 667. The quantitative estimate of drug-likeness (QED) is 0.787. The first-order chi connectivity index (χ1) is 12.2. The van der Waals surface area contributed by atoms with Gasteiger partial charge in [-0.1, -0.05) is 0 Å². The zero-order valence-corrected chi connectivity index (χ0v) is 13.6. The number of piperidine rings is 1. The first-order valence-electron chi connectivity index (χ1n) is 7.76. The van der Waals surface area contributed by atoms with Gasteiger partial charge in [0.15, 0.2) is 6.61 Å². The minimum Gasteiger partial charge on any atom is -0.452 e. The molecule has 10 heteroatoms. The zero-order valence-electron chi connectivity index (χ0n) is 13.6. The van der Waals surface area contributed by atoms with Crippen molar-refractivity contribution in [2.45, 2.75) is 19.2 Å². The third-order valence-electron chi connectivity index (χ3n) is 3.90. The van der Waals surface area contributed by atoms with Crippen molar-refractivity contribution in [3.05, 3.63) is 29.8 Å². The van der Waals surface area contributed by atoms with Crippen molar-refractivity contribution in [1.29, 1.82) is 0 Å².